The maximum absolute atomic E-state index is 10.2. The van der Waals surface area contributed by atoms with Gasteiger partial charge < -0.3 is 10.0 Å². The molecule has 0 spiro atoms. The Kier molecular flexibility index (Phi) is 4.81. The third kappa shape index (κ3) is 3.78. The van der Waals surface area contributed by atoms with E-state index >= 15 is 0 Å². The third-order valence-electron chi connectivity index (χ3n) is 5.17. The van der Waals surface area contributed by atoms with Gasteiger partial charge in [0.05, 0.1) is 0 Å². The normalized spacial score (nSPS) is 22.5. The Morgan fingerprint density at radius 3 is 2.48 bits per heavy atom. The van der Waals surface area contributed by atoms with Crippen LogP contribution < -0.4 is 0 Å². The van der Waals surface area contributed by atoms with Gasteiger partial charge in [0.15, 0.2) is 0 Å². The summed E-state index contributed by atoms with van der Waals surface area (Å²) in [6.45, 7) is 5.35. The number of hydrogen-bond acceptors (Lipinski definition) is 3. The van der Waals surface area contributed by atoms with Crippen LogP contribution in [0.2, 0.25) is 0 Å². The molecule has 3 heteroatoms. The lowest BCUT2D eigenvalue weighted by Crippen LogP contribution is -2.43. The van der Waals surface area contributed by atoms with Gasteiger partial charge >= 0.3 is 0 Å². The summed E-state index contributed by atoms with van der Waals surface area (Å²) in [6, 6.07) is 6.32. The van der Waals surface area contributed by atoms with E-state index in [1.165, 1.54) is 37.7 Å². The van der Waals surface area contributed by atoms with Crippen LogP contribution in [-0.4, -0.2) is 48.1 Å². The second-order valence-electron chi connectivity index (χ2n) is 6.80. The van der Waals surface area contributed by atoms with E-state index in [9.17, 15) is 5.11 Å². The molecular weight excluding hydrogens is 260 g/mol. The van der Waals surface area contributed by atoms with Crippen LogP contribution in [0.15, 0.2) is 18.2 Å². The summed E-state index contributed by atoms with van der Waals surface area (Å²) in [5.74, 6) is 1.18. The van der Waals surface area contributed by atoms with Crippen LogP contribution in [-0.2, 0) is 6.54 Å². The highest BCUT2D eigenvalue weighted by atomic mass is 16.3. The molecule has 1 aromatic rings. The molecule has 3 nitrogen and oxygen atoms in total. The van der Waals surface area contributed by atoms with Gasteiger partial charge in [0.2, 0.25) is 0 Å². The number of nitrogens with zero attached hydrogens (tertiary/aromatic N) is 2. The fraction of sp³-hybridized carbons (Fsp3) is 0.667. The zero-order valence-corrected chi connectivity index (χ0v) is 13.2. The lowest BCUT2D eigenvalue weighted by atomic mass is 9.83. The van der Waals surface area contributed by atoms with Crippen molar-refractivity contribution in [2.45, 2.75) is 44.6 Å². The number of phenolic OH excluding ortho intramolecular Hbond substituents is 1. The van der Waals surface area contributed by atoms with E-state index in [-0.39, 0.29) is 0 Å². The summed E-state index contributed by atoms with van der Waals surface area (Å²) < 4.78 is 0. The van der Waals surface area contributed by atoms with E-state index in [4.69, 9.17) is 0 Å². The molecule has 1 aliphatic carbocycles. The summed E-state index contributed by atoms with van der Waals surface area (Å²) >= 11 is 0. The van der Waals surface area contributed by atoms with Crippen LogP contribution in [0.4, 0.5) is 0 Å². The van der Waals surface area contributed by atoms with Crippen molar-refractivity contribution >= 4 is 0 Å². The van der Waals surface area contributed by atoms with Crippen LogP contribution >= 0.6 is 0 Å². The average molecular weight is 288 g/mol. The molecule has 1 aliphatic heterocycles. The zero-order chi connectivity index (χ0) is 14.7. The predicted octanol–water partition coefficient (Wildman–Crippen LogP) is 3.19. The molecule has 116 valence electrons. The van der Waals surface area contributed by atoms with Gasteiger partial charge in [-0.25, -0.2) is 0 Å². The third-order valence-corrected chi connectivity index (χ3v) is 5.17. The Hall–Kier alpha value is -1.06. The number of benzene rings is 1. The summed E-state index contributed by atoms with van der Waals surface area (Å²) in [4.78, 5) is 4.83. The van der Waals surface area contributed by atoms with E-state index in [2.05, 4.69) is 29.0 Å². The van der Waals surface area contributed by atoms with Gasteiger partial charge in [0.1, 0.15) is 5.75 Å². The number of rotatable bonds is 3. The van der Waals surface area contributed by atoms with Crippen LogP contribution in [0.3, 0.4) is 0 Å². The van der Waals surface area contributed by atoms with Gasteiger partial charge in [-0.3, -0.25) is 4.90 Å². The number of piperazine rings is 1. The fourth-order valence-corrected chi connectivity index (χ4v) is 3.67. The SMILES string of the molecule is CN1CCN(Cc2cc(C3CCCCC3)ccc2O)CC1. The van der Waals surface area contributed by atoms with Gasteiger partial charge in [-0.2, -0.15) is 0 Å². The Morgan fingerprint density at radius 1 is 1.05 bits per heavy atom. The first-order valence-electron chi connectivity index (χ1n) is 8.45. The van der Waals surface area contributed by atoms with E-state index in [1.807, 2.05) is 6.07 Å². The van der Waals surface area contributed by atoms with Crippen molar-refractivity contribution in [3.63, 3.8) is 0 Å². The van der Waals surface area contributed by atoms with E-state index < -0.39 is 0 Å². The topological polar surface area (TPSA) is 26.7 Å². The van der Waals surface area contributed by atoms with Gasteiger partial charge in [0.25, 0.3) is 0 Å². The molecule has 1 saturated heterocycles. The number of phenols is 1. The Morgan fingerprint density at radius 2 is 1.76 bits per heavy atom. The minimum atomic E-state index is 0.466. The van der Waals surface area contributed by atoms with Crippen LogP contribution in [0.25, 0.3) is 0 Å². The Balaban J connectivity index is 1.69. The molecule has 0 aromatic heterocycles. The standard InChI is InChI=1S/C18H28N2O/c1-19-9-11-20(12-10-19)14-17-13-16(7-8-18(17)21)15-5-3-2-4-6-15/h7-8,13,15,21H,2-6,9-12,14H2,1H3. The molecule has 1 heterocycles. The smallest absolute Gasteiger partial charge is 0.120 e. The van der Waals surface area contributed by atoms with Crippen LogP contribution in [0.1, 0.15) is 49.1 Å². The predicted molar refractivity (Wildman–Crippen MR) is 86.7 cm³/mol. The van der Waals surface area contributed by atoms with E-state index in [0.717, 1.165) is 38.3 Å². The van der Waals surface area contributed by atoms with Gasteiger partial charge in [-0.1, -0.05) is 31.4 Å². The molecule has 0 bridgehead atoms. The molecule has 2 aliphatic rings. The average Bonchev–Trinajstić information content (AvgIpc) is 2.52. The second kappa shape index (κ2) is 6.80. The lowest BCUT2D eigenvalue weighted by Gasteiger charge is -2.32. The molecule has 0 unspecified atom stereocenters. The molecule has 0 amide bonds. The van der Waals surface area contributed by atoms with E-state index in [1.54, 1.807) is 0 Å². The first-order chi connectivity index (χ1) is 10.2. The minimum absolute atomic E-state index is 0.466. The summed E-state index contributed by atoms with van der Waals surface area (Å²) in [5.41, 5.74) is 2.55. The maximum atomic E-state index is 10.2. The lowest BCUT2D eigenvalue weighted by molar-refractivity contribution is 0.147. The monoisotopic (exact) mass is 288 g/mol. The molecule has 1 aromatic carbocycles. The summed E-state index contributed by atoms with van der Waals surface area (Å²) in [6.07, 6.45) is 6.75. The van der Waals surface area contributed by atoms with Crippen molar-refractivity contribution in [1.29, 1.82) is 0 Å². The highest BCUT2D eigenvalue weighted by Crippen LogP contribution is 2.34. The molecule has 3 rings (SSSR count). The Bertz CT molecular complexity index is 460. The van der Waals surface area contributed by atoms with Crippen LogP contribution in [0, 0.1) is 0 Å². The largest absolute Gasteiger partial charge is 0.508 e. The zero-order valence-electron chi connectivity index (χ0n) is 13.2. The summed E-state index contributed by atoms with van der Waals surface area (Å²) in [7, 11) is 2.18. The second-order valence-corrected chi connectivity index (χ2v) is 6.80. The highest BCUT2D eigenvalue weighted by molar-refractivity contribution is 5.37. The Labute approximate surface area is 128 Å². The van der Waals surface area contributed by atoms with Crippen molar-refractivity contribution in [3.05, 3.63) is 29.3 Å². The fourth-order valence-electron chi connectivity index (χ4n) is 3.67. The van der Waals surface area contributed by atoms with Crippen molar-refractivity contribution in [1.82, 2.24) is 9.80 Å². The number of likely N-dealkylation sites (N-methyl/N-ethyl adjacent to an activating group) is 1. The van der Waals surface area contributed by atoms with Crippen molar-refractivity contribution in [2.75, 3.05) is 33.2 Å². The van der Waals surface area contributed by atoms with Crippen molar-refractivity contribution in [3.8, 4) is 5.75 Å². The number of hydrogen-bond donors (Lipinski definition) is 1. The molecule has 21 heavy (non-hydrogen) atoms. The first-order valence-corrected chi connectivity index (χ1v) is 8.45. The quantitative estimate of drug-likeness (QED) is 0.925. The van der Waals surface area contributed by atoms with Gasteiger partial charge in [-0.15, -0.1) is 0 Å². The highest BCUT2D eigenvalue weighted by Gasteiger charge is 2.19. The molecular formula is C18H28N2O. The van der Waals surface area contributed by atoms with Gasteiger partial charge in [-0.05, 0) is 37.4 Å². The number of aromatic hydroxyl groups is 1. The van der Waals surface area contributed by atoms with Crippen LogP contribution in [0.5, 0.6) is 5.75 Å². The molecule has 1 N–H and O–H groups in total. The van der Waals surface area contributed by atoms with Gasteiger partial charge in [0, 0.05) is 38.3 Å². The van der Waals surface area contributed by atoms with Crippen molar-refractivity contribution in [2.24, 2.45) is 0 Å². The maximum Gasteiger partial charge on any atom is 0.120 e. The molecule has 1 saturated carbocycles. The minimum Gasteiger partial charge on any atom is -0.508 e. The molecule has 0 radical (unpaired) electrons. The van der Waals surface area contributed by atoms with E-state index in [0.29, 0.717) is 11.7 Å². The first kappa shape index (κ1) is 14.9. The van der Waals surface area contributed by atoms with Crippen molar-refractivity contribution < 1.29 is 5.11 Å². The molecule has 2 fully saturated rings. The summed E-state index contributed by atoms with van der Waals surface area (Å²) in [5, 5.41) is 10.2. The molecule has 0 atom stereocenters.